The van der Waals surface area contributed by atoms with Crippen molar-refractivity contribution in [1.82, 2.24) is 5.32 Å². The molecular weight excluding hydrogens is 394 g/mol. The zero-order chi connectivity index (χ0) is 20.8. The molecule has 0 bridgehead atoms. The lowest BCUT2D eigenvalue weighted by Gasteiger charge is -2.26. The van der Waals surface area contributed by atoms with Crippen LogP contribution < -0.4 is 10.2 Å². The quantitative estimate of drug-likeness (QED) is 0.473. The summed E-state index contributed by atoms with van der Waals surface area (Å²) in [6, 6.07) is 11.1. The summed E-state index contributed by atoms with van der Waals surface area (Å²) < 4.78 is 0. The first-order chi connectivity index (χ1) is 14.0. The number of carbonyl (C=O) groups is 2. The fourth-order valence-electron chi connectivity index (χ4n) is 3.02. The fourth-order valence-corrected chi connectivity index (χ4v) is 3.19. The van der Waals surface area contributed by atoms with Crippen molar-refractivity contribution in [3.8, 4) is 11.8 Å². The van der Waals surface area contributed by atoms with E-state index < -0.39 is 10.8 Å². The van der Waals surface area contributed by atoms with E-state index in [1.54, 1.807) is 4.90 Å². The van der Waals surface area contributed by atoms with Crippen LogP contribution in [-0.2, 0) is 4.79 Å². The van der Waals surface area contributed by atoms with E-state index in [4.69, 9.17) is 11.6 Å². The number of hydrogen-bond acceptors (Lipinski definition) is 4. The first-order valence-corrected chi connectivity index (χ1v) is 9.45. The summed E-state index contributed by atoms with van der Waals surface area (Å²) in [5.74, 6) is 5.24. The Morgan fingerprint density at radius 1 is 1.21 bits per heavy atom. The second-order valence-electron chi connectivity index (χ2n) is 6.45. The lowest BCUT2D eigenvalue weighted by atomic mass is 10.1. The van der Waals surface area contributed by atoms with E-state index in [1.165, 1.54) is 18.2 Å². The number of nitro groups is 1. The van der Waals surface area contributed by atoms with Crippen LogP contribution in [0.1, 0.15) is 35.2 Å². The third-order valence-electron chi connectivity index (χ3n) is 4.47. The van der Waals surface area contributed by atoms with Crippen molar-refractivity contribution in [2.45, 2.75) is 19.3 Å². The van der Waals surface area contributed by atoms with E-state index in [0.717, 1.165) is 30.6 Å². The topological polar surface area (TPSA) is 92.6 Å². The Balaban J connectivity index is 1.61. The number of benzene rings is 2. The molecule has 0 atom stereocenters. The van der Waals surface area contributed by atoms with Crippen LogP contribution in [0.15, 0.2) is 42.5 Å². The van der Waals surface area contributed by atoms with Crippen LogP contribution in [0.25, 0.3) is 0 Å². The maximum atomic E-state index is 12.2. The van der Waals surface area contributed by atoms with E-state index in [9.17, 15) is 19.7 Å². The van der Waals surface area contributed by atoms with E-state index in [2.05, 4.69) is 17.2 Å². The van der Waals surface area contributed by atoms with Crippen LogP contribution in [0.4, 0.5) is 11.4 Å². The predicted octanol–water partition coefficient (Wildman–Crippen LogP) is 3.55. The molecule has 0 aliphatic carbocycles. The minimum absolute atomic E-state index is 0.0227. The highest BCUT2D eigenvalue weighted by atomic mass is 35.5. The highest BCUT2D eigenvalue weighted by molar-refractivity contribution is 6.31. The second kappa shape index (κ2) is 9.22. The molecule has 148 valence electrons. The van der Waals surface area contributed by atoms with E-state index in [1.807, 2.05) is 24.3 Å². The molecule has 1 aliphatic heterocycles. The summed E-state index contributed by atoms with van der Waals surface area (Å²) in [5, 5.41) is 13.8. The molecule has 2 amide bonds. The first kappa shape index (κ1) is 20.4. The Kier molecular flexibility index (Phi) is 6.47. The summed E-state index contributed by atoms with van der Waals surface area (Å²) >= 11 is 5.83. The van der Waals surface area contributed by atoms with Crippen molar-refractivity contribution < 1.29 is 14.5 Å². The zero-order valence-electron chi connectivity index (χ0n) is 15.5. The SMILES string of the molecule is O=C(NCC#Cc1ccc(N2CCCCC2=O)cc1)c1cc(Cl)ccc1[N+](=O)[O-]. The van der Waals surface area contributed by atoms with Crippen molar-refractivity contribution in [3.05, 3.63) is 68.7 Å². The van der Waals surface area contributed by atoms with Crippen molar-refractivity contribution in [2.24, 2.45) is 0 Å². The zero-order valence-corrected chi connectivity index (χ0v) is 16.2. The van der Waals surface area contributed by atoms with Crippen molar-refractivity contribution in [3.63, 3.8) is 0 Å². The van der Waals surface area contributed by atoms with Crippen molar-refractivity contribution in [1.29, 1.82) is 0 Å². The van der Waals surface area contributed by atoms with Gasteiger partial charge in [0.1, 0.15) is 5.56 Å². The standard InChI is InChI=1S/C21H18ClN3O4/c22-16-8-11-19(25(28)29)18(14-16)21(27)23-12-3-4-15-6-9-17(10-7-15)24-13-2-1-5-20(24)26/h6-11,14H,1-2,5,12-13H2,(H,23,27). The Hall–Kier alpha value is -3.37. The molecule has 29 heavy (non-hydrogen) atoms. The first-order valence-electron chi connectivity index (χ1n) is 9.07. The Bertz CT molecular complexity index is 1010. The molecule has 7 nitrogen and oxygen atoms in total. The molecule has 1 aliphatic rings. The average molecular weight is 412 g/mol. The molecule has 8 heteroatoms. The highest BCUT2D eigenvalue weighted by Gasteiger charge is 2.20. The molecule has 0 aromatic heterocycles. The van der Waals surface area contributed by atoms with Gasteiger partial charge in [-0.2, -0.15) is 0 Å². The van der Waals surface area contributed by atoms with Gasteiger partial charge in [-0.15, -0.1) is 0 Å². The Morgan fingerprint density at radius 3 is 2.66 bits per heavy atom. The molecule has 0 saturated carbocycles. The molecule has 1 saturated heterocycles. The number of nitrogens with zero attached hydrogens (tertiary/aromatic N) is 2. The maximum absolute atomic E-state index is 12.2. The molecule has 3 rings (SSSR count). The second-order valence-corrected chi connectivity index (χ2v) is 6.89. The van der Waals surface area contributed by atoms with Crippen molar-refractivity contribution in [2.75, 3.05) is 18.0 Å². The predicted molar refractivity (Wildman–Crippen MR) is 110 cm³/mol. The fraction of sp³-hybridized carbons (Fsp3) is 0.238. The molecule has 1 fully saturated rings. The van der Waals surface area contributed by atoms with Gasteiger partial charge in [0.05, 0.1) is 11.5 Å². The smallest absolute Gasteiger partial charge is 0.282 e. The number of rotatable bonds is 4. The third kappa shape index (κ3) is 5.12. The number of anilines is 1. The van der Waals surface area contributed by atoms with Gasteiger partial charge in [-0.1, -0.05) is 23.4 Å². The Morgan fingerprint density at radius 2 is 1.97 bits per heavy atom. The number of carbonyl (C=O) groups excluding carboxylic acids is 2. The third-order valence-corrected chi connectivity index (χ3v) is 4.71. The average Bonchev–Trinajstić information content (AvgIpc) is 2.71. The number of nitrogens with one attached hydrogen (secondary N) is 1. The monoisotopic (exact) mass is 411 g/mol. The van der Waals surface area contributed by atoms with Crippen LogP contribution >= 0.6 is 11.6 Å². The van der Waals surface area contributed by atoms with Crippen LogP contribution in [-0.4, -0.2) is 29.8 Å². The van der Waals surface area contributed by atoms with Gasteiger partial charge in [0.15, 0.2) is 0 Å². The van der Waals surface area contributed by atoms with Gasteiger partial charge in [-0.3, -0.25) is 19.7 Å². The van der Waals surface area contributed by atoms with E-state index in [0.29, 0.717) is 6.42 Å². The van der Waals surface area contributed by atoms with E-state index in [-0.39, 0.29) is 28.7 Å². The number of halogens is 1. The molecule has 1 N–H and O–H groups in total. The summed E-state index contributed by atoms with van der Waals surface area (Å²) in [4.78, 5) is 36.4. The summed E-state index contributed by atoms with van der Waals surface area (Å²) in [6.07, 6.45) is 2.51. The van der Waals surface area contributed by atoms with E-state index >= 15 is 0 Å². The van der Waals surface area contributed by atoms with Gasteiger partial charge in [-0.05, 0) is 49.2 Å². The molecular formula is C21H18ClN3O4. The molecule has 0 unspecified atom stereocenters. The van der Waals surface area contributed by atoms with Gasteiger partial charge in [0.2, 0.25) is 5.91 Å². The normalized spacial score (nSPS) is 13.4. The van der Waals surface area contributed by atoms with Crippen LogP contribution in [0.3, 0.4) is 0 Å². The number of amides is 2. The van der Waals surface area contributed by atoms with Gasteiger partial charge in [0.25, 0.3) is 11.6 Å². The largest absolute Gasteiger partial charge is 0.341 e. The van der Waals surface area contributed by atoms with Gasteiger partial charge in [0, 0.05) is 35.3 Å². The summed E-state index contributed by atoms with van der Waals surface area (Å²) in [7, 11) is 0. The highest BCUT2D eigenvalue weighted by Crippen LogP contribution is 2.23. The number of piperidine rings is 1. The molecule has 2 aromatic rings. The molecule has 0 spiro atoms. The lowest BCUT2D eigenvalue weighted by molar-refractivity contribution is -0.385. The molecule has 2 aromatic carbocycles. The number of nitro benzene ring substituents is 1. The number of hydrogen-bond donors (Lipinski definition) is 1. The minimum Gasteiger partial charge on any atom is -0.341 e. The van der Waals surface area contributed by atoms with Crippen LogP contribution in [0.2, 0.25) is 5.02 Å². The van der Waals surface area contributed by atoms with Gasteiger partial charge >= 0.3 is 0 Å². The maximum Gasteiger partial charge on any atom is 0.282 e. The van der Waals surface area contributed by atoms with Crippen LogP contribution in [0, 0.1) is 22.0 Å². The van der Waals surface area contributed by atoms with Gasteiger partial charge in [-0.25, -0.2) is 0 Å². The molecule has 0 radical (unpaired) electrons. The lowest BCUT2D eigenvalue weighted by Crippen LogP contribution is -2.35. The van der Waals surface area contributed by atoms with Crippen molar-refractivity contribution >= 4 is 34.8 Å². The van der Waals surface area contributed by atoms with Gasteiger partial charge < -0.3 is 10.2 Å². The van der Waals surface area contributed by atoms with Crippen LogP contribution in [0.5, 0.6) is 0 Å². The summed E-state index contributed by atoms with van der Waals surface area (Å²) in [6.45, 7) is 0.750. The Labute approximate surface area is 172 Å². The minimum atomic E-state index is -0.633. The summed E-state index contributed by atoms with van der Waals surface area (Å²) in [5.41, 5.74) is 1.16. The molecule has 1 heterocycles.